The van der Waals surface area contributed by atoms with Gasteiger partial charge in [-0.1, -0.05) is 6.42 Å². The molecule has 0 amide bonds. The molecule has 0 aromatic carbocycles. The second-order valence-corrected chi connectivity index (χ2v) is 6.53. The number of ether oxygens (including phenoxy) is 1. The molecule has 0 N–H and O–H groups in total. The molecule has 2 saturated carbocycles. The van der Waals surface area contributed by atoms with E-state index in [-0.39, 0.29) is 11.9 Å². The molecule has 0 spiro atoms. The van der Waals surface area contributed by atoms with Crippen molar-refractivity contribution in [3.05, 3.63) is 0 Å². The summed E-state index contributed by atoms with van der Waals surface area (Å²) >= 11 is 0. The van der Waals surface area contributed by atoms with Crippen LogP contribution in [0.3, 0.4) is 0 Å². The van der Waals surface area contributed by atoms with Crippen LogP contribution in [-0.2, 0) is 9.53 Å². The molecule has 18 heavy (non-hydrogen) atoms. The Kier molecular flexibility index (Phi) is 3.60. The van der Waals surface area contributed by atoms with E-state index in [2.05, 4.69) is 4.90 Å². The van der Waals surface area contributed by atoms with Crippen LogP contribution in [0.1, 0.15) is 38.5 Å². The van der Waals surface area contributed by atoms with E-state index in [0.29, 0.717) is 0 Å². The lowest BCUT2D eigenvalue weighted by atomic mass is 9.87. The highest BCUT2D eigenvalue weighted by molar-refractivity contribution is 5.72. The molecule has 3 fully saturated rings. The van der Waals surface area contributed by atoms with E-state index in [1.807, 2.05) is 0 Å². The molecule has 1 heterocycles. The lowest BCUT2D eigenvalue weighted by Crippen LogP contribution is -2.40. The van der Waals surface area contributed by atoms with Gasteiger partial charge in [-0.05, 0) is 62.9 Å². The summed E-state index contributed by atoms with van der Waals surface area (Å²) in [5.74, 6) is 3.18. The fourth-order valence-corrected chi connectivity index (χ4v) is 4.45. The lowest BCUT2D eigenvalue weighted by Gasteiger charge is -2.34. The molecule has 2 bridgehead atoms. The highest BCUT2D eigenvalue weighted by atomic mass is 16.5. The minimum atomic E-state index is -0.00502. The van der Waals surface area contributed by atoms with E-state index in [1.54, 1.807) is 0 Å². The van der Waals surface area contributed by atoms with Crippen molar-refractivity contribution in [2.45, 2.75) is 38.5 Å². The SMILES string of the molecule is COC(=O)C1CCN(CC2CC3CCC2C3)CC1. The molecule has 0 aromatic rings. The summed E-state index contributed by atoms with van der Waals surface area (Å²) in [5, 5.41) is 0. The van der Waals surface area contributed by atoms with E-state index in [1.165, 1.54) is 39.3 Å². The van der Waals surface area contributed by atoms with Crippen molar-refractivity contribution < 1.29 is 9.53 Å². The zero-order chi connectivity index (χ0) is 12.5. The highest BCUT2D eigenvalue weighted by Gasteiger charge is 2.40. The Morgan fingerprint density at radius 3 is 2.50 bits per heavy atom. The quantitative estimate of drug-likeness (QED) is 0.721. The van der Waals surface area contributed by atoms with E-state index < -0.39 is 0 Å². The van der Waals surface area contributed by atoms with Crippen LogP contribution in [0.5, 0.6) is 0 Å². The van der Waals surface area contributed by atoms with Crippen molar-refractivity contribution in [2.24, 2.45) is 23.7 Å². The average Bonchev–Trinajstić information content (AvgIpc) is 3.01. The summed E-state index contributed by atoms with van der Waals surface area (Å²) in [4.78, 5) is 14.1. The predicted octanol–water partition coefficient (Wildman–Crippen LogP) is 2.31. The summed E-state index contributed by atoms with van der Waals surface area (Å²) in [7, 11) is 1.50. The third kappa shape index (κ3) is 2.42. The molecule has 2 aliphatic carbocycles. The van der Waals surface area contributed by atoms with E-state index in [0.717, 1.165) is 43.7 Å². The number of rotatable bonds is 3. The molecule has 3 rings (SSSR count). The van der Waals surface area contributed by atoms with Crippen LogP contribution in [0.4, 0.5) is 0 Å². The molecule has 0 radical (unpaired) electrons. The molecule has 3 heteroatoms. The molecule has 1 saturated heterocycles. The number of hydrogen-bond donors (Lipinski definition) is 0. The Morgan fingerprint density at radius 1 is 1.17 bits per heavy atom. The Bertz CT molecular complexity index is 310. The second kappa shape index (κ2) is 5.20. The van der Waals surface area contributed by atoms with Gasteiger partial charge < -0.3 is 9.64 Å². The Labute approximate surface area is 110 Å². The zero-order valence-corrected chi connectivity index (χ0v) is 11.4. The summed E-state index contributed by atoms with van der Waals surface area (Å²) in [5.41, 5.74) is 0. The molecule has 102 valence electrons. The van der Waals surface area contributed by atoms with Gasteiger partial charge >= 0.3 is 5.97 Å². The summed E-state index contributed by atoms with van der Waals surface area (Å²) in [6.45, 7) is 3.47. The first-order valence-corrected chi connectivity index (χ1v) is 7.56. The summed E-state index contributed by atoms with van der Waals surface area (Å²) in [6, 6.07) is 0. The normalized spacial score (nSPS) is 37.1. The number of esters is 1. The third-order valence-electron chi connectivity index (χ3n) is 5.50. The van der Waals surface area contributed by atoms with Crippen LogP contribution in [-0.4, -0.2) is 37.6 Å². The van der Waals surface area contributed by atoms with E-state index in [9.17, 15) is 4.79 Å². The summed E-state index contributed by atoms with van der Waals surface area (Å²) in [6.07, 6.45) is 7.94. The molecule has 3 unspecified atom stereocenters. The van der Waals surface area contributed by atoms with Crippen LogP contribution in [0.15, 0.2) is 0 Å². The second-order valence-electron chi connectivity index (χ2n) is 6.53. The average molecular weight is 251 g/mol. The van der Waals surface area contributed by atoms with Gasteiger partial charge in [0.1, 0.15) is 0 Å². The number of carbonyl (C=O) groups excluding carboxylic acids is 1. The molecule has 3 aliphatic rings. The van der Waals surface area contributed by atoms with Gasteiger partial charge in [0.25, 0.3) is 0 Å². The van der Waals surface area contributed by atoms with Crippen molar-refractivity contribution in [2.75, 3.05) is 26.7 Å². The number of carbonyl (C=O) groups is 1. The van der Waals surface area contributed by atoms with Crippen LogP contribution in [0, 0.1) is 23.7 Å². The first kappa shape index (κ1) is 12.5. The molecule has 0 aromatic heterocycles. The molecule has 1 aliphatic heterocycles. The standard InChI is InChI=1S/C15H25NO2/c1-18-15(17)12-4-6-16(7-5-12)10-14-9-11-2-3-13(14)8-11/h11-14H,2-10H2,1H3. The number of piperidine rings is 1. The maximum Gasteiger partial charge on any atom is 0.308 e. The van der Waals surface area contributed by atoms with Gasteiger partial charge in [-0.3, -0.25) is 4.79 Å². The first-order chi connectivity index (χ1) is 8.76. The molecular formula is C15H25NO2. The first-order valence-electron chi connectivity index (χ1n) is 7.56. The Morgan fingerprint density at radius 2 is 1.94 bits per heavy atom. The number of fused-ring (bicyclic) bond motifs is 2. The minimum absolute atomic E-state index is 0.00502. The largest absolute Gasteiger partial charge is 0.469 e. The summed E-state index contributed by atoms with van der Waals surface area (Å²) < 4.78 is 4.84. The monoisotopic (exact) mass is 251 g/mol. The van der Waals surface area contributed by atoms with Crippen molar-refractivity contribution in [3.63, 3.8) is 0 Å². The molecule has 3 atom stereocenters. The fourth-order valence-electron chi connectivity index (χ4n) is 4.45. The van der Waals surface area contributed by atoms with Crippen molar-refractivity contribution >= 4 is 5.97 Å². The highest BCUT2D eigenvalue weighted by Crippen LogP contribution is 2.48. The van der Waals surface area contributed by atoms with E-state index in [4.69, 9.17) is 4.74 Å². The zero-order valence-electron chi connectivity index (χ0n) is 11.4. The van der Waals surface area contributed by atoms with E-state index >= 15 is 0 Å². The van der Waals surface area contributed by atoms with Gasteiger partial charge in [0, 0.05) is 6.54 Å². The smallest absolute Gasteiger partial charge is 0.308 e. The van der Waals surface area contributed by atoms with Crippen LogP contribution < -0.4 is 0 Å². The third-order valence-corrected chi connectivity index (χ3v) is 5.50. The number of nitrogens with zero attached hydrogens (tertiary/aromatic N) is 1. The topological polar surface area (TPSA) is 29.5 Å². The number of likely N-dealkylation sites (tertiary alicyclic amines) is 1. The fraction of sp³-hybridized carbons (Fsp3) is 0.933. The van der Waals surface area contributed by atoms with Crippen molar-refractivity contribution in [1.82, 2.24) is 4.90 Å². The molecular weight excluding hydrogens is 226 g/mol. The van der Waals surface area contributed by atoms with Crippen molar-refractivity contribution in [1.29, 1.82) is 0 Å². The van der Waals surface area contributed by atoms with Crippen molar-refractivity contribution in [3.8, 4) is 0 Å². The number of hydrogen-bond acceptors (Lipinski definition) is 3. The lowest BCUT2D eigenvalue weighted by molar-refractivity contribution is -0.147. The van der Waals surface area contributed by atoms with Crippen LogP contribution in [0.25, 0.3) is 0 Å². The molecule has 3 nitrogen and oxygen atoms in total. The maximum atomic E-state index is 11.5. The Hall–Kier alpha value is -0.570. The van der Waals surface area contributed by atoms with Gasteiger partial charge in [0.2, 0.25) is 0 Å². The van der Waals surface area contributed by atoms with Gasteiger partial charge in [-0.2, -0.15) is 0 Å². The van der Waals surface area contributed by atoms with Gasteiger partial charge in [-0.15, -0.1) is 0 Å². The predicted molar refractivity (Wildman–Crippen MR) is 70.1 cm³/mol. The van der Waals surface area contributed by atoms with Crippen LogP contribution >= 0.6 is 0 Å². The van der Waals surface area contributed by atoms with Gasteiger partial charge in [0.15, 0.2) is 0 Å². The number of methoxy groups -OCH3 is 1. The van der Waals surface area contributed by atoms with Gasteiger partial charge in [0.05, 0.1) is 13.0 Å². The minimum Gasteiger partial charge on any atom is -0.469 e. The van der Waals surface area contributed by atoms with Gasteiger partial charge in [-0.25, -0.2) is 0 Å². The maximum absolute atomic E-state index is 11.5. The van der Waals surface area contributed by atoms with Crippen LogP contribution in [0.2, 0.25) is 0 Å². The Balaban J connectivity index is 1.44.